The van der Waals surface area contributed by atoms with E-state index in [0.29, 0.717) is 34.5 Å². The second-order valence-corrected chi connectivity index (χ2v) is 7.23. The average Bonchev–Trinajstić information content (AvgIpc) is 2.76. The first-order chi connectivity index (χ1) is 13.7. The molecule has 4 rings (SSSR count). The van der Waals surface area contributed by atoms with Gasteiger partial charge in [0.2, 0.25) is 0 Å². The zero-order valence-electron chi connectivity index (χ0n) is 16.4. The predicted molar refractivity (Wildman–Crippen MR) is 117 cm³/mol. The molecule has 0 spiro atoms. The van der Waals surface area contributed by atoms with Gasteiger partial charge in [0.25, 0.3) is 0 Å². The molecule has 1 N–H and O–H groups in total. The molecular weight excluding hydrogens is 388 g/mol. The van der Waals surface area contributed by atoms with Crippen LogP contribution in [-0.2, 0) is 11.2 Å². The minimum atomic E-state index is -0.476. The van der Waals surface area contributed by atoms with Gasteiger partial charge < -0.3 is 14.6 Å². The van der Waals surface area contributed by atoms with Gasteiger partial charge in [0.1, 0.15) is 5.69 Å². The molecule has 2 aromatic carbocycles. The van der Waals surface area contributed by atoms with Crippen molar-refractivity contribution in [3.63, 3.8) is 0 Å². The maximum atomic E-state index is 13.4. The van der Waals surface area contributed by atoms with Crippen molar-refractivity contribution in [2.45, 2.75) is 19.3 Å². The number of hydrogen-bond donors (Lipinski definition) is 1. The highest BCUT2D eigenvalue weighted by Gasteiger charge is 2.26. The number of piperidine rings is 1. The zero-order valence-corrected chi connectivity index (χ0v) is 17.2. The molecule has 5 nitrogen and oxygen atoms in total. The third-order valence-electron chi connectivity index (χ3n) is 5.52. The Bertz CT molecular complexity index is 1060. The van der Waals surface area contributed by atoms with Crippen LogP contribution < -0.4 is 10.7 Å². The number of ether oxygens (including phenoxy) is 1. The van der Waals surface area contributed by atoms with Gasteiger partial charge >= 0.3 is 5.97 Å². The molecule has 0 radical (unpaired) electrons. The number of fused-ring (bicyclic) bond motifs is 1. The summed E-state index contributed by atoms with van der Waals surface area (Å²) < 4.78 is 7.00. The van der Waals surface area contributed by atoms with Crippen LogP contribution in [0.5, 0.6) is 0 Å². The smallest absolute Gasteiger partial charge is 0.355 e. The summed E-state index contributed by atoms with van der Waals surface area (Å²) in [6.45, 7) is 1.89. The first-order valence-corrected chi connectivity index (χ1v) is 9.71. The minimum absolute atomic E-state index is 0. The van der Waals surface area contributed by atoms with E-state index in [1.165, 1.54) is 7.11 Å². The number of nitrogens with one attached hydrogen (secondary N) is 1. The van der Waals surface area contributed by atoms with Crippen molar-refractivity contribution < 1.29 is 9.53 Å². The monoisotopic (exact) mass is 412 g/mol. The molecule has 3 aromatic rings. The van der Waals surface area contributed by atoms with E-state index in [4.69, 9.17) is 4.74 Å². The first kappa shape index (κ1) is 21.1. The van der Waals surface area contributed by atoms with Crippen LogP contribution in [0.2, 0.25) is 0 Å². The predicted octanol–water partition coefficient (Wildman–Crippen LogP) is 3.74. The fourth-order valence-electron chi connectivity index (χ4n) is 4.11. The Morgan fingerprint density at radius 3 is 2.41 bits per heavy atom. The molecule has 152 valence electrons. The zero-order chi connectivity index (χ0) is 19.5. The summed E-state index contributed by atoms with van der Waals surface area (Å²) in [7, 11) is 1.37. The topological polar surface area (TPSA) is 60.3 Å². The summed E-state index contributed by atoms with van der Waals surface area (Å²) in [6.07, 6.45) is 2.58. The van der Waals surface area contributed by atoms with E-state index in [2.05, 4.69) is 5.32 Å². The number of methoxy groups -OCH3 is 1. The van der Waals surface area contributed by atoms with Crippen LogP contribution in [0.1, 0.15) is 28.9 Å². The minimum Gasteiger partial charge on any atom is -0.464 e. The van der Waals surface area contributed by atoms with Crippen LogP contribution >= 0.6 is 12.4 Å². The molecule has 1 aromatic heterocycles. The van der Waals surface area contributed by atoms with Gasteiger partial charge in [-0.1, -0.05) is 30.3 Å². The standard InChI is InChI=1S/C23H24N2O3.ClH/c1-28-23(27)21-19(15-16-11-13-24-14-12-16)22(26)18-9-5-6-10-20(18)25(21)17-7-3-2-4-8-17;/h2-10,16,24H,11-15H2,1H3;1H. The Labute approximate surface area is 176 Å². The molecule has 0 unspecified atom stereocenters. The Hall–Kier alpha value is -2.63. The van der Waals surface area contributed by atoms with E-state index < -0.39 is 5.97 Å². The van der Waals surface area contributed by atoms with Crippen molar-refractivity contribution in [2.24, 2.45) is 5.92 Å². The average molecular weight is 413 g/mol. The fourth-order valence-corrected chi connectivity index (χ4v) is 4.11. The molecular formula is C23H25ClN2O3. The van der Waals surface area contributed by atoms with Crippen molar-refractivity contribution in [1.82, 2.24) is 9.88 Å². The Morgan fingerprint density at radius 1 is 1.07 bits per heavy atom. The highest BCUT2D eigenvalue weighted by molar-refractivity contribution is 5.95. The second kappa shape index (κ2) is 9.25. The van der Waals surface area contributed by atoms with Crippen molar-refractivity contribution in [3.05, 3.63) is 76.1 Å². The lowest BCUT2D eigenvalue weighted by Gasteiger charge is -2.25. The molecule has 1 fully saturated rings. The van der Waals surface area contributed by atoms with E-state index in [-0.39, 0.29) is 17.8 Å². The molecule has 29 heavy (non-hydrogen) atoms. The number of pyridine rings is 1. The third-order valence-corrected chi connectivity index (χ3v) is 5.52. The number of nitrogens with zero attached hydrogens (tertiary/aromatic N) is 1. The highest BCUT2D eigenvalue weighted by Crippen LogP contribution is 2.26. The van der Waals surface area contributed by atoms with Gasteiger partial charge in [-0.3, -0.25) is 4.79 Å². The number of halogens is 1. The number of aromatic nitrogens is 1. The summed E-state index contributed by atoms with van der Waals surface area (Å²) in [4.78, 5) is 26.3. The lowest BCUT2D eigenvalue weighted by molar-refractivity contribution is 0.0589. The second-order valence-electron chi connectivity index (χ2n) is 7.23. The quantitative estimate of drug-likeness (QED) is 0.663. The molecule has 6 heteroatoms. The number of hydrogen-bond acceptors (Lipinski definition) is 4. The Balaban J connectivity index is 0.00000240. The molecule has 2 heterocycles. The van der Waals surface area contributed by atoms with Crippen molar-refractivity contribution in [3.8, 4) is 5.69 Å². The van der Waals surface area contributed by atoms with E-state index in [0.717, 1.165) is 31.6 Å². The third kappa shape index (κ3) is 4.07. The van der Waals surface area contributed by atoms with Crippen LogP contribution in [0.15, 0.2) is 59.4 Å². The van der Waals surface area contributed by atoms with E-state index in [1.807, 2.05) is 59.2 Å². The lowest BCUT2D eigenvalue weighted by atomic mass is 9.89. The number of rotatable bonds is 4. The maximum Gasteiger partial charge on any atom is 0.355 e. The van der Waals surface area contributed by atoms with E-state index >= 15 is 0 Å². The van der Waals surface area contributed by atoms with Gasteiger partial charge in [-0.2, -0.15) is 0 Å². The van der Waals surface area contributed by atoms with Crippen LogP contribution in [0.3, 0.4) is 0 Å². The van der Waals surface area contributed by atoms with Crippen LogP contribution in [0.4, 0.5) is 0 Å². The number of para-hydroxylation sites is 2. The Morgan fingerprint density at radius 2 is 1.72 bits per heavy atom. The van der Waals surface area contributed by atoms with Crippen molar-refractivity contribution >= 4 is 29.3 Å². The molecule has 0 amide bonds. The first-order valence-electron chi connectivity index (χ1n) is 9.71. The number of esters is 1. The normalized spacial score (nSPS) is 14.4. The summed E-state index contributed by atoms with van der Waals surface area (Å²) in [5.41, 5.74) is 2.39. The molecule has 0 saturated carbocycles. The molecule has 0 atom stereocenters. The van der Waals surface area contributed by atoms with Gasteiger partial charge in [-0.25, -0.2) is 4.79 Å². The van der Waals surface area contributed by atoms with Gasteiger partial charge in [-0.05, 0) is 62.5 Å². The molecule has 0 bridgehead atoms. The van der Waals surface area contributed by atoms with Crippen molar-refractivity contribution in [2.75, 3.05) is 20.2 Å². The van der Waals surface area contributed by atoms with Crippen molar-refractivity contribution in [1.29, 1.82) is 0 Å². The molecule has 1 aliphatic rings. The van der Waals surface area contributed by atoms with Gasteiger partial charge in [-0.15, -0.1) is 12.4 Å². The van der Waals surface area contributed by atoms with Crippen LogP contribution in [0.25, 0.3) is 16.6 Å². The molecule has 0 aliphatic carbocycles. The number of benzene rings is 2. The van der Waals surface area contributed by atoms with Crippen LogP contribution in [0, 0.1) is 5.92 Å². The largest absolute Gasteiger partial charge is 0.464 e. The number of carbonyl (C=O) groups is 1. The van der Waals surface area contributed by atoms with Gasteiger partial charge in [0, 0.05) is 16.6 Å². The summed E-state index contributed by atoms with van der Waals surface area (Å²) in [5, 5.41) is 3.98. The number of carbonyl (C=O) groups excluding carboxylic acids is 1. The lowest BCUT2D eigenvalue weighted by Crippen LogP contribution is -2.31. The van der Waals surface area contributed by atoms with Crippen LogP contribution in [-0.4, -0.2) is 30.7 Å². The summed E-state index contributed by atoms with van der Waals surface area (Å²) in [6, 6.07) is 17.1. The van der Waals surface area contributed by atoms with E-state index in [9.17, 15) is 9.59 Å². The maximum absolute atomic E-state index is 13.4. The molecule has 1 aliphatic heterocycles. The Kier molecular flexibility index (Phi) is 6.72. The fraction of sp³-hybridized carbons (Fsp3) is 0.304. The highest BCUT2D eigenvalue weighted by atomic mass is 35.5. The SMILES string of the molecule is COC(=O)c1c(CC2CCNCC2)c(=O)c2ccccc2n1-c1ccccc1.Cl. The van der Waals surface area contributed by atoms with E-state index in [1.54, 1.807) is 0 Å². The van der Waals surface area contributed by atoms with Gasteiger partial charge in [0.05, 0.1) is 12.6 Å². The van der Waals surface area contributed by atoms with Gasteiger partial charge in [0.15, 0.2) is 5.43 Å². The summed E-state index contributed by atoms with van der Waals surface area (Å²) in [5.74, 6) is -0.0987. The molecule has 1 saturated heterocycles. The summed E-state index contributed by atoms with van der Waals surface area (Å²) >= 11 is 0.